The molecule has 34 heavy (non-hydrogen) atoms. The van der Waals surface area contributed by atoms with Crippen LogP contribution in [0.25, 0.3) is 11.4 Å². The quantitative estimate of drug-likeness (QED) is 0.468. The maximum Gasteiger partial charge on any atom is 0.435 e. The first-order valence-electron chi connectivity index (χ1n) is 9.01. The standard InChI is InChI=1S/C20H11F10N3O/c21-11-4-1-9(2-5-11)8-33-16(32-15(20(28,29)30)14(31)17(33)34)12-6-3-10(18(22,23)24)7-13(12)19(25,26)27/h1-7H,8,31H2. The number of hydrogen-bond acceptors (Lipinski definition) is 3. The fraction of sp³-hybridized carbons (Fsp3) is 0.200. The fourth-order valence-corrected chi connectivity index (χ4v) is 3.06. The summed E-state index contributed by atoms with van der Waals surface area (Å²) in [6.45, 7) is -0.706. The summed E-state index contributed by atoms with van der Waals surface area (Å²) in [7, 11) is 0. The average Bonchev–Trinajstić information content (AvgIpc) is 2.70. The zero-order valence-corrected chi connectivity index (χ0v) is 16.4. The molecule has 0 aliphatic heterocycles. The topological polar surface area (TPSA) is 60.9 Å². The van der Waals surface area contributed by atoms with Crippen molar-refractivity contribution in [2.24, 2.45) is 0 Å². The highest BCUT2D eigenvalue weighted by atomic mass is 19.4. The molecule has 0 bridgehead atoms. The summed E-state index contributed by atoms with van der Waals surface area (Å²) in [5, 5.41) is 0. The van der Waals surface area contributed by atoms with E-state index in [1.54, 1.807) is 0 Å². The molecular weight excluding hydrogens is 488 g/mol. The van der Waals surface area contributed by atoms with Crippen molar-refractivity contribution in [3.05, 3.63) is 81.0 Å². The molecule has 0 fully saturated rings. The molecule has 0 aliphatic rings. The second-order valence-corrected chi connectivity index (χ2v) is 6.97. The summed E-state index contributed by atoms with van der Waals surface area (Å²) in [4.78, 5) is 15.8. The molecule has 0 amide bonds. The van der Waals surface area contributed by atoms with Crippen molar-refractivity contribution < 1.29 is 43.9 Å². The lowest BCUT2D eigenvalue weighted by molar-refractivity contribution is -0.142. The number of benzene rings is 2. The first kappa shape index (κ1) is 25.1. The Morgan fingerprint density at radius 2 is 1.41 bits per heavy atom. The van der Waals surface area contributed by atoms with E-state index in [1.165, 1.54) is 0 Å². The lowest BCUT2D eigenvalue weighted by Gasteiger charge is -2.20. The smallest absolute Gasteiger partial charge is 0.392 e. The molecule has 1 heterocycles. The van der Waals surface area contributed by atoms with E-state index in [2.05, 4.69) is 4.98 Å². The van der Waals surface area contributed by atoms with Crippen molar-refractivity contribution >= 4 is 5.69 Å². The van der Waals surface area contributed by atoms with E-state index in [4.69, 9.17) is 5.73 Å². The minimum atomic E-state index is -5.46. The minimum Gasteiger partial charge on any atom is -0.392 e. The number of rotatable bonds is 3. The minimum absolute atomic E-state index is 0.0613. The van der Waals surface area contributed by atoms with Gasteiger partial charge in [-0.05, 0) is 29.8 Å². The highest BCUT2D eigenvalue weighted by Crippen LogP contribution is 2.41. The van der Waals surface area contributed by atoms with Crippen molar-refractivity contribution in [3.63, 3.8) is 0 Å². The summed E-state index contributed by atoms with van der Waals surface area (Å²) < 4.78 is 134. The van der Waals surface area contributed by atoms with Gasteiger partial charge in [-0.25, -0.2) is 9.37 Å². The number of nitrogens with two attached hydrogens (primary N) is 1. The molecule has 0 unspecified atom stereocenters. The molecule has 3 aromatic rings. The Labute approximate surface area is 183 Å². The van der Waals surface area contributed by atoms with Crippen molar-refractivity contribution in [1.29, 1.82) is 0 Å². The zero-order chi connectivity index (χ0) is 25.6. The predicted molar refractivity (Wildman–Crippen MR) is 98.9 cm³/mol. The van der Waals surface area contributed by atoms with Gasteiger partial charge in [0.2, 0.25) is 0 Å². The van der Waals surface area contributed by atoms with Crippen LogP contribution >= 0.6 is 0 Å². The molecular formula is C20H11F10N3O. The number of nitrogens with zero attached hydrogens (tertiary/aromatic N) is 2. The Kier molecular flexibility index (Phi) is 6.14. The average molecular weight is 499 g/mol. The molecule has 0 atom stereocenters. The molecule has 0 saturated heterocycles. The maximum absolute atomic E-state index is 13.6. The monoisotopic (exact) mass is 499 g/mol. The lowest BCUT2D eigenvalue weighted by Crippen LogP contribution is -2.31. The van der Waals surface area contributed by atoms with E-state index < -0.39 is 70.3 Å². The Morgan fingerprint density at radius 3 is 1.91 bits per heavy atom. The Morgan fingerprint density at radius 1 is 0.824 bits per heavy atom. The number of halogens is 10. The third kappa shape index (κ3) is 4.99. The molecule has 3 rings (SSSR count). The van der Waals surface area contributed by atoms with Crippen LogP contribution in [-0.2, 0) is 25.1 Å². The summed E-state index contributed by atoms with van der Waals surface area (Å²) in [5.74, 6) is -1.94. The second kappa shape index (κ2) is 8.33. The van der Waals surface area contributed by atoms with Crippen LogP contribution in [0, 0.1) is 5.82 Å². The van der Waals surface area contributed by atoms with Crippen LogP contribution in [0.15, 0.2) is 47.3 Å². The molecule has 0 spiro atoms. The molecule has 1 aromatic heterocycles. The largest absolute Gasteiger partial charge is 0.435 e. The molecule has 4 nitrogen and oxygen atoms in total. The van der Waals surface area contributed by atoms with Gasteiger partial charge in [-0.1, -0.05) is 18.2 Å². The van der Waals surface area contributed by atoms with Gasteiger partial charge in [0.1, 0.15) is 17.3 Å². The Balaban J connectivity index is 2.39. The lowest BCUT2D eigenvalue weighted by atomic mass is 10.0. The van der Waals surface area contributed by atoms with Gasteiger partial charge in [0.25, 0.3) is 5.56 Å². The van der Waals surface area contributed by atoms with E-state index in [1.807, 2.05) is 0 Å². The van der Waals surface area contributed by atoms with Crippen LogP contribution in [0.4, 0.5) is 49.6 Å². The molecule has 182 valence electrons. The maximum atomic E-state index is 13.6. The first-order valence-corrected chi connectivity index (χ1v) is 9.01. The predicted octanol–water partition coefficient (Wildman–Crippen LogP) is 5.74. The van der Waals surface area contributed by atoms with E-state index >= 15 is 0 Å². The van der Waals surface area contributed by atoms with Gasteiger partial charge in [-0.3, -0.25) is 9.36 Å². The van der Waals surface area contributed by atoms with Gasteiger partial charge in [-0.15, -0.1) is 0 Å². The van der Waals surface area contributed by atoms with Crippen LogP contribution in [0.1, 0.15) is 22.4 Å². The molecule has 2 aromatic carbocycles. The Hall–Kier alpha value is -3.58. The summed E-state index contributed by atoms with van der Waals surface area (Å²) in [6, 6.07) is 4.20. The number of anilines is 1. The van der Waals surface area contributed by atoms with Gasteiger partial charge in [-0.2, -0.15) is 39.5 Å². The number of aromatic nitrogens is 2. The molecule has 2 N–H and O–H groups in total. The Bertz CT molecular complexity index is 1270. The van der Waals surface area contributed by atoms with E-state index in [0.717, 1.165) is 24.3 Å². The normalized spacial score (nSPS) is 12.8. The third-order valence-corrected chi connectivity index (χ3v) is 4.62. The number of hydrogen-bond donors (Lipinski definition) is 1. The molecule has 14 heteroatoms. The van der Waals surface area contributed by atoms with E-state index in [-0.39, 0.29) is 23.8 Å². The SMILES string of the molecule is Nc1c(C(F)(F)F)nc(-c2ccc(C(F)(F)F)cc2C(F)(F)F)n(Cc2ccc(F)cc2)c1=O. The van der Waals surface area contributed by atoms with E-state index in [9.17, 15) is 48.7 Å². The molecule has 0 saturated carbocycles. The highest BCUT2D eigenvalue weighted by Gasteiger charge is 2.41. The first-order chi connectivity index (χ1) is 15.5. The van der Waals surface area contributed by atoms with Gasteiger partial charge in [0.05, 0.1) is 17.7 Å². The van der Waals surface area contributed by atoms with Crippen LogP contribution in [0.3, 0.4) is 0 Å². The zero-order valence-electron chi connectivity index (χ0n) is 16.4. The van der Waals surface area contributed by atoms with E-state index in [0.29, 0.717) is 4.57 Å². The second-order valence-electron chi connectivity index (χ2n) is 6.97. The number of alkyl halides is 9. The van der Waals surface area contributed by atoms with Crippen LogP contribution < -0.4 is 11.3 Å². The fourth-order valence-electron chi connectivity index (χ4n) is 3.06. The van der Waals surface area contributed by atoms with Gasteiger partial charge < -0.3 is 5.73 Å². The summed E-state index contributed by atoms with van der Waals surface area (Å²) >= 11 is 0. The highest BCUT2D eigenvalue weighted by molar-refractivity contribution is 5.65. The molecule has 0 radical (unpaired) electrons. The van der Waals surface area contributed by atoms with Crippen LogP contribution in [0.5, 0.6) is 0 Å². The van der Waals surface area contributed by atoms with Crippen molar-refractivity contribution in [3.8, 4) is 11.4 Å². The van der Waals surface area contributed by atoms with Gasteiger partial charge >= 0.3 is 18.5 Å². The summed E-state index contributed by atoms with van der Waals surface area (Å²) in [5.41, 5.74) is -4.62. The molecule has 0 aliphatic carbocycles. The van der Waals surface area contributed by atoms with Gasteiger partial charge in [0, 0.05) is 5.56 Å². The van der Waals surface area contributed by atoms with Gasteiger partial charge in [0.15, 0.2) is 5.69 Å². The van der Waals surface area contributed by atoms with Crippen molar-refractivity contribution in [2.75, 3.05) is 5.73 Å². The summed E-state index contributed by atoms with van der Waals surface area (Å²) in [6.07, 6.45) is -16.0. The van der Waals surface area contributed by atoms with Crippen molar-refractivity contribution in [1.82, 2.24) is 9.55 Å². The van der Waals surface area contributed by atoms with Crippen LogP contribution in [-0.4, -0.2) is 9.55 Å². The third-order valence-electron chi connectivity index (χ3n) is 4.62. The van der Waals surface area contributed by atoms with Crippen LogP contribution in [0.2, 0.25) is 0 Å². The number of nitrogen functional groups attached to an aromatic ring is 1. The van der Waals surface area contributed by atoms with Crippen molar-refractivity contribution in [2.45, 2.75) is 25.1 Å².